The second-order valence-corrected chi connectivity index (χ2v) is 4.71. The first-order valence-electron chi connectivity index (χ1n) is 5.89. The highest BCUT2D eigenvalue weighted by molar-refractivity contribution is 5.84. The van der Waals surface area contributed by atoms with Crippen molar-refractivity contribution >= 4 is 5.97 Å². The summed E-state index contributed by atoms with van der Waals surface area (Å²) < 4.78 is 44.6. The van der Waals surface area contributed by atoms with Gasteiger partial charge >= 0.3 is 12.3 Å². The molecule has 110 valence electrons. The van der Waals surface area contributed by atoms with Crippen molar-refractivity contribution in [2.75, 3.05) is 7.11 Å². The van der Waals surface area contributed by atoms with E-state index in [1.165, 1.54) is 19.2 Å². The second kappa shape index (κ2) is 4.97. The highest BCUT2D eigenvalue weighted by atomic mass is 19.4. The van der Waals surface area contributed by atoms with Gasteiger partial charge in [-0.25, -0.2) is 0 Å². The van der Waals surface area contributed by atoms with Crippen molar-refractivity contribution in [3.63, 3.8) is 0 Å². The zero-order valence-corrected chi connectivity index (χ0v) is 10.6. The number of carbonyl (C=O) groups is 1. The van der Waals surface area contributed by atoms with E-state index in [4.69, 9.17) is 4.74 Å². The van der Waals surface area contributed by atoms with Gasteiger partial charge in [-0.1, -0.05) is 12.1 Å². The zero-order chi connectivity index (χ0) is 15.0. The Hall–Kier alpha value is -1.76. The van der Waals surface area contributed by atoms with Gasteiger partial charge in [-0.3, -0.25) is 4.79 Å². The number of carbonyl (C=O) groups excluding carboxylic acids is 1. The molecule has 1 fully saturated rings. The molecule has 0 saturated heterocycles. The summed E-state index contributed by atoms with van der Waals surface area (Å²) in [6.45, 7) is 0. The Balaban J connectivity index is 2.22. The minimum absolute atomic E-state index is 0.194. The Bertz CT molecular complexity index is 489. The highest BCUT2D eigenvalue weighted by Crippen LogP contribution is 2.45. The summed E-state index contributed by atoms with van der Waals surface area (Å²) in [7, 11) is 1.23. The Morgan fingerprint density at radius 3 is 2.25 bits per heavy atom. The summed E-state index contributed by atoms with van der Waals surface area (Å²) in [5.74, 6) is -0.867. The van der Waals surface area contributed by atoms with Crippen LogP contribution in [0.25, 0.3) is 0 Å². The van der Waals surface area contributed by atoms with Crippen molar-refractivity contribution in [3.05, 3.63) is 29.8 Å². The number of benzene rings is 1. The second-order valence-electron chi connectivity index (χ2n) is 4.71. The fraction of sp³-hybridized carbons (Fsp3) is 0.462. The number of methoxy groups -OCH3 is 1. The molecule has 0 aliphatic heterocycles. The summed E-state index contributed by atoms with van der Waals surface area (Å²) in [4.78, 5) is 11.8. The minimum atomic E-state index is -4.76. The minimum Gasteiger partial charge on any atom is -0.468 e. The molecule has 0 spiro atoms. The van der Waals surface area contributed by atoms with E-state index in [0.29, 0.717) is 5.56 Å². The molecule has 0 radical (unpaired) electrons. The van der Waals surface area contributed by atoms with Gasteiger partial charge in [-0.05, 0) is 30.5 Å². The third-order valence-corrected chi connectivity index (χ3v) is 3.38. The molecule has 0 atom stereocenters. The SMILES string of the molecule is COC(=O)C1(c2ccc(OC(F)(F)F)cc2)CC(O)C1. The zero-order valence-electron chi connectivity index (χ0n) is 10.6. The van der Waals surface area contributed by atoms with Gasteiger partial charge in [0.1, 0.15) is 5.75 Å². The Morgan fingerprint density at radius 2 is 1.85 bits per heavy atom. The Kier molecular flexibility index (Phi) is 3.64. The van der Waals surface area contributed by atoms with Crippen LogP contribution >= 0.6 is 0 Å². The first kappa shape index (κ1) is 14.6. The molecule has 1 aromatic rings. The lowest BCUT2D eigenvalue weighted by Gasteiger charge is -2.43. The van der Waals surface area contributed by atoms with Crippen molar-refractivity contribution in [1.82, 2.24) is 0 Å². The number of hydrogen-bond acceptors (Lipinski definition) is 4. The van der Waals surface area contributed by atoms with Gasteiger partial charge in [0.2, 0.25) is 0 Å². The number of ether oxygens (including phenoxy) is 2. The third-order valence-electron chi connectivity index (χ3n) is 3.38. The van der Waals surface area contributed by atoms with Crippen LogP contribution in [0.1, 0.15) is 18.4 Å². The number of aliphatic hydroxyl groups is 1. The fourth-order valence-electron chi connectivity index (χ4n) is 2.44. The van der Waals surface area contributed by atoms with Crippen LogP contribution in [-0.4, -0.2) is 30.7 Å². The van der Waals surface area contributed by atoms with E-state index in [9.17, 15) is 23.1 Å². The molecular weight excluding hydrogens is 277 g/mol. The van der Waals surface area contributed by atoms with Gasteiger partial charge in [0.25, 0.3) is 0 Å². The number of halogens is 3. The van der Waals surface area contributed by atoms with Crippen LogP contribution in [0.5, 0.6) is 5.75 Å². The number of alkyl halides is 3. The fourth-order valence-corrected chi connectivity index (χ4v) is 2.44. The van der Waals surface area contributed by atoms with Crippen LogP contribution in [0.2, 0.25) is 0 Å². The summed E-state index contributed by atoms with van der Waals surface area (Å²) >= 11 is 0. The lowest BCUT2D eigenvalue weighted by atomic mass is 9.62. The average Bonchev–Trinajstić information content (AvgIpc) is 2.33. The summed E-state index contributed by atoms with van der Waals surface area (Å²) in [5, 5.41) is 9.42. The van der Waals surface area contributed by atoms with Crippen molar-refractivity contribution in [3.8, 4) is 5.75 Å². The van der Waals surface area contributed by atoms with Crippen molar-refractivity contribution < 1.29 is 32.5 Å². The van der Waals surface area contributed by atoms with Crippen molar-refractivity contribution in [1.29, 1.82) is 0 Å². The van der Waals surface area contributed by atoms with Gasteiger partial charge in [0.15, 0.2) is 0 Å². The lowest BCUT2D eigenvalue weighted by molar-refractivity contribution is -0.274. The number of rotatable bonds is 3. The molecular formula is C13H13F3O4. The van der Waals surface area contributed by atoms with Gasteiger partial charge in [-0.15, -0.1) is 13.2 Å². The van der Waals surface area contributed by atoms with E-state index in [1.54, 1.807) is 0 Å². The van der Waals surface area contributed by atoms with E-state index in [2.05, 4.69) is 4.74 Å². The van der Waals surface area contributed by atoms with Gasteiger partial charge in [0, 0.05) is 0 Å². The molecule has 1 aliphatic carbocycles. The van der Waals surface area contributed by atoms with E-state index < -0.39 is 23.9 Å². The molecule has 0 amide bonds. The summed E-state index contributed by atoms with van der Waals surface area (Å²) in [6, 6.07) is 5.03. The molecule has 1 aliphatic rings. The van der Waals surface area contributed by atoms with Crippen LogP contribution in [0.15, 0.2) is 24.3 Å². The summed E-state index contributed by atoms with van der Waals surface area (Å²) in [6.07, 6.45) is -4.98. The first-order chi connectivity index (χ1) is 9.27. The molecule has 4 nitrogen and oxygen atoms in total. The van der Waals surface area contributed by atoms with Gasteiger partial charge < -0.3 is 14.6 Å². The predicted molar refractivity (Wildman–Crippen MR) is 62.1 cm³/mol. The molecule has 0 aromatic heterocycles. The lowest BCUT2D eigenvalue weighted by Crippen LogP contribution is -2.51. The maximum atomic E-state index is 12.1. The molecule has 2 rings (SSSR count). The van der Waals surface area contributed by atoms with Crippen molar-refractivity contribution in [2.45, 2.75) is 30.7 Å². The van der Waals surface area contributed by atoms with Crippen LogP contribution in [0.3, 0.4) is 0 Å². The monoisotopic (exact) mass is 290 g/mol. The average molecular weight is 290 g/mol. The van der Waals surface area contributed by atoms with E-state index >= 15 is 0 Å². The maximum absolute atomic E-state index is 12.1. The molecule has 1 N–H and O–H groups in total. The smallest absolute Gasteiger partial charge is 0.468 e. The van der Waals surface area contributed by atoms with Gasteiger partial charge in [0.05, 0.1) is 18.6 Å². The maximum Gasteiger partial charge on any atom is 0.573 e. The van der Waals surface area contributed by atoms with Crippen LogP contribution in [-0.2, 0) is 14.9 Å². The highest BCUT2D eigenvalue weighted by Gasteiger charge is 2.52. The van der Waals surface area contributed by atoms with Crippen molar-refractivity contribution in [2.24, 2.45) is 0 Å². The van der Waals surface area contributed by atoms with Crippen LogP contribution in [0, 0.1) is 0 Å². The molecule has 0 heterocycles. The van der Waals surface area contributed by atoms with Crippen LogP contribution < -0.4 is 4.74 Å². The normalized spacial score (nSPS) is 25.8. The number of hydrogen-bond donors (Lipinski definition) is 1. The molecule has 0 bridgehead atoms. The van der Waals surface area contributed by atoms with E-state index in [1.807, 2.05) is 0 Å². The molecule has 7 heteroatoms. The molecule has 20 heavy (non-hydrogen) atoms. The summed E-state index contributed by atoms with van der Waals surface area (Å²) in [5.41, 5.74) is -0.477. The quantitative estimate of drug-likeness (QED) is 0.867. The molecule has 1 aromatic carbocycles. The number of aliphatic hydroxyl groups excluding tert-OH is 1. The topological polar surface area (TPSA) is 55.8 Å². The Morgan fingerprint density at radius 1 is 1.30 bits per heavy atom. The molecule has 1 saturated carbocycles. The number of esters is 1. The van der Waals surface area contributed by atoms with Crippen LogP contribution in [0.4, 0.5) is 13.2 Å². The Labute approximate surface area is 113 Å². The van der Waals surface area contributed by atoms with E-state index in [0.717, 1.165) is 12.1 Å². The molecule has 0 unspecified atom stereocenters. The van der Waals surface area contributed by atoms with E-state index in [-0.39, 0.29) is 18.6 Å². The van der Waals surface area contributed by atoms with Gasteiger partial charge in [-0.2, -0.15) is 0 Å². The standard InChI is InChI=1S/C13H13F3O4/c1-19-11(18)12(6-9(17)7-12)8-2-4-10(5-3-8)20-13(14,15)16/h2-5,9,17H,6-7H2,1H3. The first-order valence-corrected chi connectivity index (χ1v) is 5.89. The predicted octanol–water partition coefficient (Wildman–Crippen LogP) is 2.15. The largest absolute Gasteiger partial charge is 0.573 e. The third kappa shape index (κ3) is 2.72.